The third kappa shape index (κ3) is 6.10. The van der Waals surface area contributed by atoms with E-state index >= 15 is 0 Å². The van der Waals surface area contributed by atoms with Crippen molar-refractivity contribution in [3.05, 3.63) is 56.9 Å². The van der Waals surface area contributed by atoms with Gasteiger partial charge in [0.1, 0.15) is 0 Å². The molecule has 0 radical (unpaired) electrons. The molecule has 0 bridgehead atoms. The second-order valence-corrected chi connectivity index (χ2v) is 10.0. The summed E-state index contributed by atoms with van der Waals surface area (Å²) in [5.41, 5.74) is 1.28. The lowest BCUT2D eigenvalue weighted by atomic mass is 10.1. The van der Waals surface area contributed by atoms with Crippen LogP contribution in [0.2, 0.25) is 10.0 Å². The molecule has 0 N–H and O–H groups in total. The Balaban J connectivity index is 1.50. The van der Waals surface area contributed by atoms with Crippen LogP contribution in [0.3, 0.4) is 0 Å². The van der Waals surface area contributed by atoms with Crippen molar-refractivity contribution < 1.29 is 23.8 Å². The molecule has 2 fully saturated rings. The predicted octanol–water partition coefficient (Wildman–Crippen LogP) is 5.04. The molecule has 11 heteroatoms. The number of benzene rings is 2. The average Bonchev–Trinajstić information content (AvgIpc) is 3.13. The molecule has 7 nitrogen and oxygen atoms in total. The number of carbonyl (C=O) groups is 2. The Morgan fingerprint density at radius 1 is 1.11 bits per heavy atom. The summed E-state index contributed by atoms with van der Waals surface area (Å²) in [6.45, 7) is 4.35. The molecule has 2 aromatic carbocycles. The molecular formula is C24H22Cl2N2O5S2. The quantitative estimate of drug-likeness (QED) is 0.352. The predicted molar refractivity (Wildman–Crippen MR) is 143 cm³/mol. The molecule has 184 valence electrons. The van der Waals surface area contributed by atoms with Crippen LogP contribution in [0.25, 0.3) is 6.08 Å². The van der Waals surface area contributed by atoms with Gasteiger partial charge in [-0.1, -0.05) is 53.2 Å². The second kappa shape index (κ2) is 11.6. The number of carbonyl (C=O) groups excluding carboxylic acids is 2. The third-order valence-electron chi connectivity index (χ3n) is 5.24. The first-order valence-electron chi connectivity index (χ1n) is 10.9. The maximum atomic E-state index is 13.1. The largest absolute Gasteiger partial charge is 0.490 e. The molecule has 2 aromatic rings. The van der Waals surface area contributed by atoms with Crippen LogP contribution in [-0.2, 0) is 14.3 Å². The van der Waals surface area contributed by atoms with Gasteiger partial charge < -0.3 is 19.1 Å². The van der Waals surface area contributed by atoms with Crippen molar-refractivity contribution in [1.82, 2.24) is 4.90 Å². The van der Waals surface area contributed by atoms with Crippen molar-refractivity contribution in [2.75, 3.05) is 44.4 Å². The highest BCUT2D eigenvalue weighted by atomic mass is 35.5. The van der Waals surface area contributed by atoms with Crippen LogP contribution < -0.4 is 14.4 Å². The summed E-state index contributed by atoms with van der Waals surface area (Å²) < 4.78 is 17.2. The molecule has 35 heavy (non-hydrogen) atoms. The first-order valence-corrected chi connectivity index (χ1v) is 12.8. The van der Waals surface area contributed by atoms with Gasteiger partial charge in [-0.3, -0.25) is 14.5 Å². The monoisotopic (exact) mass is 552 g/mol. The van der Waals surface area contributed by atoms with Crippen molar-refractivity contribution in [1.29, 1.82) is 0 Å². The van der Waals surface area contributed by atoms with Gasteiger partial charge in [0.25, 0.3) is 11.8 Å². The number of halogens is 2. The van der Waals surface area contributed by atoms with E-state index in [-0.39, 0.29) is 18.4 Å². The molecule has 2 aliphatic heterocycles. The van der Waals surface area contributed by atoms with E-state index in [2.05, 4.69) is 0 Å². The van der Waals surface area contributed by atoms with Crippen LogP contribution in [0.1, 0.15) is 12.5 Å². The summed E-state index contributed by atoms with van der Waals surface area (Å²) in [6.07, 6.45) is 1.74. The van der Waals surface area contributed by atoms with E-state index in [0.29, 0.717) is 69.4 Å². The Hall–Kier alpha value is -2.30. The van der Waals surface area contributed by atoms with Gasteiger partial charge in [-0.15, -0.1) is 0 Å². The summed E-state index contributed by atoms with van der Waals surface area (Å²) >= 11 is 18.7. The minimum atomic E-state index is -0.257. The second-order valence-electron chi connectivity index (χ2n) is 7.54. The van der Waals surface area contributed by atoms with Gasteiger partial charge in [0.2, 0.25) is 0 Å². The Bertz CT molecular complexity index is 1180. The number of hydrogen-bond donors (Lipinski definition) is 0. The van der Waals surface area contributed by atoms with Crippen molar-refractivity contribution in [2.24, 2.45) is 0 Å². The molecule has 4 rings (SSSR count). The fraction of sp³-hybridized carbons (Fsp3) is 0.292. The molecule has 0 aromatic heterocycles. The molecule has 0 atom stereocenters. The number of anilines is 1. The van der Waals surface area contributed by atoms with Gasteiger partial charge in [0.15, 0.2) is 22.4 Å². The van der Waals surface area contributed by atoms with Crippen LogP contribution in [0.4, 0.5) is 5.69 Å². The highest BCUT2D eigenvalue weighted by molar-refractivity contribution is 8.27. The molecule has 0 aliphatic carbocycles. The Kier molecular flexibility index (Phi) is 8.56. The van der Waals surface area contributed by atoms with Crippen LogP contribution in [-0.4, -0.2) is 60.6 Å². The molecule has 0 unspecified atom stereocenters. The smallest absolute Gasteiger partial charge is 0.270 e. The lowest BCUT2D eigenvalue weighted by molar-refractivity contribution is -0.137. The van der Waals surface area contributed by atoms with Crippen LogP contribution >= 0.6 is 47.2 Å². The van der Waals surface area contributed by atoms with E-state index in [1.165, 1.54) is 16.7 Å². The molecule has 2 aliphatic rings. The maximum Gasteiger partial charge on any atom is 0.270 e. The maximum absolute atomic E-state index is 13.1. The zero-order chi connectivity index (χ0) is 24.9. The van der Waals surface area contributed by atoms with Gasteiger partial charge in [0.05, 0.1) is 40.5 Å². The number of hydrogen-bond acceptors (Lipinski definition) is 7. The summed E-state index contributed by atoms with van der Waals surface area (Å²) in [6, 6.07) is 10.2. The number of morpholine rings is 1. The van der Waals surface area contributed by atoms with Crippen molar-refractivity contribution in [2.45, 2.75) is 6.92 Å². The van der Waals surface area contributed by atoms with E-state index < -0.39 is 0 Å². The van der Waals surface area contributed by atoms with Crippen molar-refractivity contribution >= 4 is 75.1 Å². The minimum absolute atomic E-state index is 0.0955. The SMILES string of the molecule is CCOc1cc(/C=C2/SC(=S)N(c3ccc(Cl)c(Cl)c3)C2=O)ccc1OCC(=O)N1CCOCC1. The number of amides is 2. The fourth-order valence-corrected chi connectivity index (χ4v) is 5.10. The normalized spacial score (nSPS) is 17.3. The first kappa shape index (κ1) is 25.8. The lowest BCUT2D eigenvalue weighted by Gasteiger charge is -2.26. The summed E-state index contributed by atoms with van der Waals surface area (Å²) in [7, 11) is 0. The highest BCUT2D eigenvalue weighted by Crippen LogP contribution is 2.38. The zero-order valence-electron chi connectivity index (χ0n) is 18.8. The van der Waals surface area contributed by atoms with E-state index in [9.17, 15) is 9.59 Å². The van der Waals surface area contributed by atoms with Gasteiger partial charge in [-0.25, -0.2) is 0 Å². The van der Waals surface area contributed by atoms with Crippen molar-refractivity contribution in [3.63, 3.8) is 0 Å². The molecule has 2 heterocycles. The van der Waals surface area contributed by atoms with Gasteiger partial charge in [0, 0.05) is 13.1 Å². The number of thioether (sulfide) groups is 1. The highest BCUT2D eigenvalue weighted by Gasteiger charge is 2.33. The van der Waals surface area contributed by atoms with E-state index in [4.69, 9.17) is 49.6 Å². The third-order valence-corrected chi connectivity index (χ3v) is 7.28. The molecular weight excluding hydrogens is 531 g/mol. The van der Waals surface area contributed by atoms with Gasteiger partial charge in [-0.2, -0.15) is 0 Å². The average molecular weight is 553 g/mol. The van der Waals surface area contributed by atoms with E-state index in [1.54, 1.807) is 47.4 Å². The topological polar surface area (TPSA) is 68.3 Å². The number of rotatable bonds is 7. The standard InChI is InChI=1S/C24H22Cl2N2O5S2/c1-2-32-20-11-15(3-6-19(20)33-14-22(29)27-7-9-31-10-8-27)12-21-23(30)28(24(34)35-21)16-4-5-17(25)18(26)13-16/h3-6,11-13H,2,7-10,14H2,1H3/b21-12+. The minimum Gasteiger partial charge on any atom is -0.490 e. The summed E-state index contributed by atoms with van der Waals surface area (Å²) in [4.78, 5) is 29.1. The van der Waals surface area contributed by atoms with Gasteiger partial charge in [-0.05, 0) is 48.9 Å². The van der Waals surface area contributed by atoms with Crippen molar-refractivity contribution in [3.8, 4) is 11.5 Å². The summed E-state index contributed by atoms with van der Waals surface area (Å²) in [5, 5.41) is 0.736. The number of nitrogens with zero attached hydrogens (tertiary/aromatic N) is 2. The van der Waals surface area contributed by atoms with Crippen LogP contribution in [0.5, 0.6) is 11.5 Å². The van der Waals surface area contributed by atoms with E-state index in [0.717, 1.165) is 5.56 Å². The van der Waals surface area contributed by atoms with Gasteiger partial charge >= 0.3 is 0 Å². The molecule has 0 spiro atoms. The van der Waals surface area contributed by atoms with E-state index in [1.807, 2.05) is 6.92 Å². The molecule has 0 saturated carbocycles. The fourth-order valence-electron chi connectivity index (χ4n) is 3.51. The van der Waals surface area contributed by atoms with Crippen LogP contribution in [0.15, 0.2) is 41.3 Å². The number of thiocarbonyl (C=S) groups is 1. The Morgan fingerprint density at radius 3 is 2.60 bits per heavy atom. The number of ether oxygens (including phenoxy) is 3. The molecule has 2 amide bonds. The summed E-state index contributed by atoms with van der Waals surface area (Å²) in [5.74, 6) is 0.573. The van der Waals surface area contributed by atoms with Crippen LogP contribution in [0, 0.1) is 0 Å². The zero-order valence-corrected chi connectivity index (χ0v) is 21.9. The molecule has 2 saturated heterocycles. The first-order chi connectivity index (χ1) is 16.9. The lowest BCUT2D eigenvalue weighted by Crippen LogP contribution is -2.43. The Labute approximate surface area is 222 Å². The Morgan fingerprint density at radius 2 is 1.89 bits per heavy atom.